The molecule has 1 N–H and O–H groups in total. The van der Waals surface area contributed by atoms with Crippen molar-refractivity contribution in [2.45, 2.75) is 12.8 Å². The Hall–Kier alpha value is -2.15. The Balaban J connectivity index is 1.57. The zero-order valence-corrected chi connectivity index (χ0v) is 11.6. The number of hydrazone groups is 1. The molecule has 104 valence electrons. The van der Waals surface area contributed by atoms with Gasteiger partial charge in [-0.2, -0.15) is 5.10 Å². The lowest BCUT2D eigenvalue weighted by molar-refractivity contribution is 0.0927. The molecule has 0 aliphatic carbocycles. The number of thiazole rings is 1. The van der Waals surface area contributed by atoms with Crippen molar-refractivity contribution >= 4 is 28.6 Å². The molecule has 2 aromatic heterocycles. The molecule has 1 aliphatic heterocycles. The van der Waals surface area contributed by atoms with Crippen LogP contribution < -0.4 is 10.3 Å². The molecule has 0 unspecified atom stereocenters. The van der Waals surface area contributed by atoms with Crippen molar-refractivity contribution in [2.24, 2.45) is 5.10 Å². The number of aromatic nitrogens is 1. The van der Waals surface area contributed by atoms with Crippen molar-refractivity contribution in [1.29, 1.82) is 0 Å². The highest BCUT2D eigenvalue weighted by molar-refractivity contribution is 7.17. The second kappa shape index (κ2) is 5.87. The topological polar surface area (TPSA) is 70.7 Å². The molecule has 0 spiro atoms. The van der Waals surface area contributed by atoms with E-state index in [-0.39, 0.29) is 11.7 Å². The third-order valence-corrected chi connectivity index (χ3v) is 3.98. The predicted molar refractivity (Wildman–Crippen MR) is 77.3 cm³/mol. The molecule has 1 fully saturated rings. The minimum absolute atomic E-state index is 0.240. The zero-order valence-electron chi connectivity index (χ0n) is 10.8. The van der Waals surface area contributed by atoms with Crippen molar-refractivity contribution < 1.29 is 9.21 Å². The van der Waals surface area contributed by atoms with Gasteiger partial charge in [-0.05, 0) is 25.0 Å². The van der Waals surface area contributed by atoms with Crippen LogP contribution in [-0.2, 0) is 0 Å². The Morgan fingerprint density at radius 2 is 2.35 bits per heavy atom. The first-order valence-corrected chi connectivity index (χ1v) is 7.22. The molecule has 6 nitrogen and oxygen atoms in total. The van der Waals surface area contributed by atoms with Gasteiger partial charge in [0, 0.05) is 19.3 Å². The first-order valence-electron chi connectivity index (χ1n) is 6.40. The summed E-state index contributed by atoms with van der Waals surface area (Å²) in [6.45, 7) is 2.14. The van der Waals surface area contributed by atoms with Gasteiger partial charge >= 0.3 is 5.91 Å². The quantitative estimate of drug-likeness (QED) is 0.691. The summed E-state index contributed by atoms with van der Waals surface area (Å²) in [6, 6.07) is 3.24. The summed E-state index contributed by atoms with van der Waals surface area (Å²) in [5.41, 5.74) is 2.41. The molecule has 0 radical (unpaired) electrons. The smallest absolute Gasteiger partial charge is 0.307 e. The van der Waals surface area contributed by atoms with Crippen molar-refractivity contribution in [3.8, 4) is 0 Å². The van der Waals surface area contributed by atoms with Crippen LogP contribution >= 0.6 is 11.3 Å². The summed E-state index contributed by atoms with van der Waals surface area (Å²) < 4.78 is 4.97. The number of nitrogens with one attached hydrogen (secondary N) is 1. The van der Waals surface area contributed by atoms with E-state index in [9.17, 15) is 4.79 Å². The Morgan fingerprint density at radius 3 is 3.10 bits per heavy atom. The Bertz CT molecular complexity index is 600. The largest absolute Gasteiger partial charge is 0.459 e. The van der Waals surface area contributed by atoms with E-state index in [0.29, 0.717) is 0 Å². The number of anilines is 1. The third-order valence-electron chi connectivity index (χ3n) is 2.99. The van der Waals surface area contributed by atoms with E-state index in [0.717, 1.165) is 23.1 Å². The van der Waals surface area contributed by atoms with Gasteiger partial charge in [-0.25, -0.2) is 10.4 Å². The molecule has 1 amide bonds. The minimum Gasteiger partial charge on any atom is -0.459 e. The number of carbonyl (C=O) groups is 1. The zero-order chi connectivity index (χ0) is 13.8. The summed E-state index contributed by atoms with van der Waals surface area (Å²) >= 11 is 1.57. The monoisotopic (exact) mass is 290 g/mol. The molecule has 2 aromatic rings. The van der Waals surface area contributed by atoms with Gasteiger partial charge in [0.25, 0.3) is 0 Å². The van der Waals surface area contributed by atoms with Crippen LogP contribution in [0.1, 0.15) is 28.3 Å². The molecule has 1 aliphatic rings. The lowest BCUT2D eigenvalue weighted by atomic mass is 10.4. The van der Waals surface area contributed by atoms with E-state index in [4.69, 9.17) is 4.42 Å². The number of hydrogen-bond acceptors (Lipinski definition) is 6. The number of rotatable bonds is 4. The Kier molecular flexibility index (Phi) is 3.78. The number of hydrogen-bond donors (Lipinski definition) is 1. The fourth-order valence-corrected chi connectivity index (χ4v) is 2.85. The Labute approximate surface area is 120 Å². The fraction of sp³-hybridized carbons (Fsp3) is 0.308. The van der Waals surface area contributed by atoms with Crippen molar-refractivity contribution in [2.75, 3.05) is 18.0 Å². The van der Waals surface area contributed by atoms with E-state index in [2.05, 4.69) is 20.4 Å². The van der Waals surface area contributed by atoms with Crippen LogP contribution in [0.2, 0.25) is 0 Å². The van der Waals surface area contributed by atoms with Crippen LogP contribution in [0.4, 0.5) is 5.13 Å². The highest BCUT2D eigenvalue weighted by Gasteiger charge is 2.15. The van der Waals surface area contributed by atoms with Gasteiger partial charge in [-0.1, -0.05) is 11.3 Å². The average molecular weight is 290 g/mol. The minimum atomic E-state index is -0.365. The number of nitrogens with zero attached hydrogens (tertiary/aromatic N) is 3. The number of carbonyl (C=O) groups excluding carboxylic acids is 1. The molecular formula is C13H14N4O2S. The second-order valence-corrected chi connectivity index (χ2v) is 5.46. The van der Waals surface area contributed by atoms with Gasteiger partial charge in [0.2, 0.25) is 0 Å². The molecule has 3 heterocycles. The highest BCUT2D eigenvalue weighted by atomic mass is 32.1. The van der Waals surface area contributed by atoms with E-state index in [1.54, 1.807) is 35.9 Å². The average Bonchev–Trinajstić information content (AvgIpc) is 3.20. The van der Waals surface area contributed by atoms with Gasteiger partial charge in [-0.3, -0.25) is 4.79 Å². The normalized spacial score (nSPS) is 15.1. The SMILES string of the molecule is O=C(N/N=C\c1cnc(N2CCCC2)s1)c1ccco1. The molecule has 20 heavy (non-hydrogen) atoms. The summed E-state index contributed by atoms with van der Waals surface area (Å²) in [5, 5.41) is 4.92. The van der Waals surface area contributed by atoms with Crippen LogP contribution in [0.25, 0.3) is 0 Å². The van der Waals surface area contributed by atoms with Crippen LogP contribution in [0.3, 0.4) is 0 Å². The maximum absolute atomic E-state index is 11.6. The van der Waals surface area contributed by atoms with Crippen LogP contribution in [0.5, 0.6) is 0 Å². The van der Waals surface area contributed by atoms with Gasteiger partial charge < -0.3 is 9.32 Å². The Morgan fingerprint density at radius 1 is 1.50 bits per heavy atom. The molecule has 0 saturated carbocycles. The standard InChI is InChI=1S/C13H14N4O2S/c18-12(11-4-3-7-19-11)16-15-9-10-8-14-13(20-10)17-5-1-2-6-17/h3-4,7-9H,1-2,5-6H2,(H,16,18)/b15-9-. The highest BCUT2D eigenvalue weighted by Crippen LogP contribution is 2.24. The first kappa shape index (κ1) is 12.9. The molecule has 3 rings (SSSR count). The van der Waals surface area contributed by atoms with Crippen molar-refractivity contribution in [1.82, 2.24) is 10.4 Å². The maximum Gasteiger partial charge on any atom is 0.307 e. The molecule has 0 bridgehead atoms. The maximum atomic E-state index is 11.6. The van der Waals surface area contributed by atoms with E-state index in [1.165, 1.54) is 19.1 Å². The van der Waals surface area contributed by atoms with Gasteiger partial charge in [0.15, 0.2) is 10.9 Å². The summed E-state index contributed by atoms with van der Waals surface area (Å²) in [7, 11) is 0. The number of amides is 1. The van der Waals surface area contributed by atoms with E-state index < -0.39 is 0 Å². The molecular weight excluding hydrogens is 276 g/mol. The summed E-state index contributed by atoms with van der Waals surface area (Å²) in [6.07, 6.45) is 7.26. The first-order chi connectivity index (χ1) is 9.83. The third kappa shape index (κ3) is 2.88. The lowest BCUT2D eigenvalue weighted by Gasteiger charge is -2.11. The van der Waals surface area contributed by atoms with Gasteiger partial charge in [0.05, 0.1) is 17.4 Å². The fourth-order valence-electron chi connectivity index (χ4n) is 2.01. The van der Waals surface area contributed by atoms with Crippen LogP contribution in [0, 0.1) is 0 Å². The lowest BCUT2D eigenvalue weighted by Crippen LogP contribution is -2.17. The van der Waals surface area contributed by atoms with E-state index in [1.807, 2.05) is 0 Å². The molecule has 1 saturated heterocycles. The molecule has 0 aromatic carbocycles. The second-order valence-electron chi connectivity index (χ2n) is 4.42. The van der Waals surface area contributed by atoms with Crippen LogP contribution in [-0.4, -0.2) is 30.2 Å². The summed E-state index contributed by atoms with van der Waals surface area (Å²) in [5.74, 6) is -0.125. The molecule has 7 heteroatoms. The number of furan rings is 1. The van der Waals surface area contributed by atoms with E-state index >= 15 is 0 Å². The molecule has 0 atom stereocenters. The van der Waals surface area contributed by atoms with Crippen molar-refractivity contribution in [3.05, 3.63) is 35.2 Å². The van der Waals surface area contributed by atoms with Crippen LogP contribution in [0.15, 0.2) is 34.1 Å². The predicted octanol–water partition coefficient (Wildman–Crippen LogP) is 2.10. The van der Waals surface area contributed by atoms with Gasteiger partial charge in [-0.15, -0.1) is 0 Å². The van der Waals surface area contributed by atoms with Crippen molar-refractivity contribution in [3.63, 3.8) is 0 Å². The summed E-state index contributed by atoms with van der Waals surface area (Å²) in [4.78, 5) is 19.1. The van der Waals surface area contributed by atoms with Gasteiger partial charge in [0.1, 0.15) is 0 Å².